The molecule has 15 heavy (non-hydrogen) atoms. The third-order valence-corrected chi connectivity index (χ3v) is 1.71. The first kappa shape index (κ1) is 10.6. The van der Waals surface area contributed by atoms with E-state index in [9.17, 15) is 9.59 Å². The number of hydrogen-bond donors (Lipinski definition) is 5. The Balaban J connectivity index is 3.59. The van der Waals surface area contributed by atoms with Crippen LogP contribution in [0.2, 0.25) is 0 Å². The molecule has 1 aromatic carbocycles. The van der Waals surface area contributed by atoms with E-state index in [1.54, 1.807) is 0 Å². The van der Waals surface area contributed by atoms with Crippen molar-refractivity contribution in [2.24, 2.45) is 0 Å². The lowest BCUT2D eigenvalue weighted by molar-refractivity contribution is 0.0692. The van der Waals surface area contributed by atoms with Crippen LogP contribution in [0.4, 0.5) is 0 Å². The van der Waals surface area contributed by atoms with E-state index in [1.165, 1.54) is 0 Å². The lowest BCUT2D eigenvalue weighted by atomic mass is 10.1. The Morgan fingerprint density at radius 2 is 1.13 bits per heavy atom. The molecule has 7 nitrogen and oxygen atoms in total. The van der Waals surface area contributed by atoms with Crippen molar-refractivity contribution in [2.75, 3.05) is 0 Å². The maximum Gasteiger partial charge on any atom is 0.339 e. The first-order chi connectivity index (χ1) is 6.86. The van der Waals surface area contributed by atoms with Crippen LogP contribution in [0.1, 0.15) is 20.7 Å². The number of carboxylic acid groups (broad SMARTS) is 2. The molecule has 0 atom stereocenters. The monoisotopic (exact) mass is 214 g/mol. The van der Waals surface area contributed by atoms with Crippen LogP contribution in [0.25, 0.3) is 0 Å². The van der Waals surface area contributed by atoms with Gasteiger partial charge in [0.15, 0.2) is 11.5 Å². The summed E-state index contributed by atoms with van der Waals surface area (Å²) in [6.07, 6.45) is 0. The molecule has 0 amide bonds. The molecule has 0 saturated heterocycles. The van der Waals surface area contributed by atoms with Gasteiger partial charge in [-0.3, -0.25) is 0 Å². The fourth-order valence-corrected chi connectivity index (χ4v) is 0.974. The summed E-state index contributed by atoms with van der Waals surface area (Å²) < 4.78 is 0. The van der Waals surface area contributed by atoms with Crippen molar-refractivity contribution < 1.29 is 35.1 Å². The highest BCUT2D eigenvalue weighted by molar-refractivity contribution is 5.99. The molecule has 7 heteroatoms. The van der Waals surface area contributed by atoms with Gasteiger partial charge in [0.25, 0.3) is 0 Å². The molecular weight excluding hydrogens is 208 g/mol. The zero-order chi connectivity index (χ0) is 11.7. The molecule has 80 valence electrons. The van der Waals surface area contributed by atoms with Crippen LogP contribution in [0.3, 0.4) is 0 Å². The predicted molar refractivity (Wildman–Crippen MR) is 45.4 cm³/mol. The molecule has 0 unspecified atom stereocenters. The number of aromatic hydroxyl groups is 3. The zero-order valence-corrected chi connectivity index (χ0v) is 7.13. The molecule has 0 aliphatic rings. The highest BCUT2D eigenvalue weighted by Crippen LogP contribution is 2.40. The Bertz CT molecular complexity index is 411. The Morgan fingerprint density at radius 3 is 1.40 bits per heavy atom. The second-order valence-electron chi connectivity index (χ2n) is 2.63. The van der Waals surface area contributed by atoms with Gasteiger partial charge in [0.05, 0.1) is 0 Å². The molecule has 0 heterocycles. The highest BCUT2D eigenvalue weighted by Gasteiger charge is 2.23. The molecule has 0 aliphatic carbocycles. The molecule has 5 N–H and O–H groups in total. The molecule has 1 aromatic rings. The van der Waals surface area contributed by atoms with E-state index in [0.29, 0.717) is 6.07 Å². The lowest BCUT2D eigenvalue weighted by Crippen LogP contribution is -2.03. The number of rotatable bonds is 2. The number of hydrogen-bond acceptors (Lipinski definition) is 5. The van der Waals surface area contributed by atoms with Crippen LogP contribution in [-0.4, -0.2) is 37.5 Å². The van der Waals surface area contributed by atoms with Crippen molar-refractivity contribution in [1.82, 2.24) is 0 Å². The summed E-state index contributed by atoms with van der Waals surface area (Å²) in [6, 6.07) is 0.551. The summed E-state index contributed by atoms with van der Waals surface area (Å²) >= 11 is 0. The molecular formula is C8H6O7. The van der Waals surface area contributed by atoms with E-state index < -0.39 is 40.3 Å². The predicted octanol–water partition coefficient (Wildman–Crippen LogP) is 0.200. The normalized spacial score (nSPS) is 9.87. The van der Waals surface area contributed by atoms with Crippen LogP contribution in [-0.2, 0) is 0 Å². The summed E-state index contributed by atoms with van der Waals surface area (Å²) in [4.78, 5) is 21.0. The summed E-state index contributed by atoms with van der Waals surface area (Å²) in [5, 5.41) is 44.3. The van der Waals surface area contributed by atoms with Gasteiger partial charge < -0.3 is 25.5 Å². The second kappa shape index (κ2) is 3.37. The first-order valence-electron chi connectivity index (χ1n) is 3.60. The maximum atomic E-state index is 10.5. The van der Waals surface area contributed by atoms with Crippen LogP contribution in [0, 0.1) is 0 Å². The van der Waals surface area contributed by atoms with Gasteiger partial charge >= 0.3 is 11.9 Å². The lowest BCUT2D eigenvalue weighted by Gasteiger charge is -2.06. The van der Waals surface area contributed by atoms with Gasteiger partial charge in [-0.2, -0.15) is 0 Å². The minimum atomic E-state index is -1.62. The molecule has 0 spiro atoms. The fourth-order valence-electron chi connectivity index (χ4n) is 0.974. The van der Waals surface area contributed by atoms with Crippen molar-refractivity contribution in [2.45, 2.75) is 0 Å². The van der Waals surface area contributed by atoms with Crippen molar-refractivity contribution in [3.63, 3.8) is 0 Å². The van der Waals surface area contributed by atoms with Gasteiger partial charge in [-0.15, -0.1) is 0 Å². The minimum absolute atomic E-state index is 0.551. The van der Waals surface area contributed by atoms with Gasteiger partial charge in [0, 0.05) is 0 Å². The molecule has 0 radical (unpaired) electrons. The van der Waals surface area contributed by atoms with Crippen molar-refractivity contribution in [1.29, 1.82) is 0 Å². The Morgan fingerprint density at radius 1 is 0.800 bits per heavy atom. The van der Waals surface area contributed by atoms with Gasteiger partial charge in [-0.05, 0) is 6.07 Å². The molecule has 0 aliphatic heterocycles. The van der Waals surface area contributed by atoms with Crippen molar-refractivity contribution in [3.05, 3.63) is 17.2 Å². The van der Waals surface area contributed by atoms with E-state index in [0.717, 1.165) is 0 Å². The number of carboxylic acids is 2. The molecule has 0 aromatic heterocycles. The van der Waals surface area contributed by atoms with Crippen LogP contribution in [0.15, 0.2) is 6.07 Å². The maximum absolute atomic E-state index is 10.5. The van der Waals surface area contributed by atoms with E-state index in [4.69, 9.17) is 25.5 Å². The van der Waals surface area contributed by atoms with E-state index in [-0.39, 0.29) is 0 Å². The van der Waals surface area contributed by atoms with E-state index in [2.05, 4.69) is 0 Å². The van der Waals surface area contributed by atoms with Gasteiger partial charge in [0.2, 0.25) is 5.75 Å². The number of phenols is 3. The third-order valence-electron chi connectivity index (χ3n) is 1.71. The van der Waals surface area contributed by atoms with Gasteiger partial charge in [-0.25, -0.2) is 9.59 Å². The highest BCUT2D eigenvalue weighted by atomic mass is 16.4. The van der Waals surface area contributed by atoms with Crippen LogP contribution in [0.5, 0.6) is 17.2 Å². The second-order valence-corrected chi connectivity index (χ2v) is 2.63. The summed E-state index contributed by atoms with van der Waals surface area (Å²) in [5.41, 5.74) is -1.61. The van der Waals surface area contributed by atoms with Crippen molar-refractivity contribution >= 4 is 11.9 Å². The Hall–Kier alpha value is -2.44. The quantitative estimate of drug-likeness (QED) is 0.443. The van der Waals surface area contributed by atoms with Crippen molar-refractivity contribution in [3.8, 4) is 17.2 Å². The summed E-state index contributed by atoms with van der Waals surface area (Å²) in [6.45, 7) is 0. The third kappa shape index (κ3) is 1.62. The largest absolute Gasteiger partial charge is 0.504 e. The fraction of sp³-hybridized carbons (Fsp3) is 0. The number of phenolic OH excluding ortho intramolecular Hbond substituents is 1. The topological polar surface area (TPSA) is 135 Å². The van der Waals surface area contributed by atoms with Crippen LogP contribution < -0.4 is 0 Å². The van der Waals surface area contributed by atoms with Gasteiger partial charge in [0.1, 0.15) is 11.1 Å². The Kier molecular flexibility index (Phi) is 2.39. The van der Waals surface area contributed by atoms with Gasteiger partial charge in [-0.1, -0.05) is 0 Å². The number of aromatic carboxylic acids is 2. The zero-order valence-electron chi connectivity index (χ0n) is 7.13. The minimum Gasteiger partial charge on any atom is -0.504 e. The van der Waals surface area contributed by atoms with E-state index >= 15 is 0 Å². The molecule has 0 bridgehead atoms. The standard InChI is InChI=1S/C8H6O7/c9-4-2(7(12)13)1-3(8(14)15)5(10)6(4)11/h1,9-11H,(H,12,13)(H,14,15). The summed E-state index contributed by atoms with van der Waals surface area (Å²) in [5.74, 6) is -6.57. The Labute approximate surface area is 82.5 Å². The smallest absolute Gasteiger partial charge is 0.339 e. The average Bonchev–Trinajstić information content (AvgIpc) is 2.13. The van der Waals surface area contributed by atoms with Crippen LogP contribution >= 0.6 is 0 Å². The number of carbonyl (C=O) groups is 2. The first-order valence-corrected chi connectivity index (χ1v) is 3.60. The van der Waals surface area contributed by atoms with E-state index in [1.807, 2.05) is 0 Å². The molecule has 0 fully saturated rings. The SMILES string of the molecule is O=C(O)c1cc(C(=O)O)c(O)c(O)c1O. The average molecular weight is 214 g/mol. The molecule has 0 saturated carbocycles. The number of benzene rings is 1. The molecule has 1 rings (SSSR count). The summed E-state index contributed by atoms with van der Waals surface area (Å²) in [7, 11) is 0.